The molecule has 0 saturated carbocycles. The minimum Gasteiger partial charge on any atom is -0.467 e. The molecule has 0 N–H and O–H groups in total. The summed E-state index contributed by atoms with van der Waals surface area (Å²) in [5.41, 5.74) is 0.0169. The monoisotopic (exact) mass is 215 g/mol. The molecule has 0 aromatic carbocycles. The van der Waals surface area contributed by atoms with Gasteiger partial charge in [-0.2, -0.15) is 0 Å². The maximum atomic E-state index is 11.5. The topological polar surface area (TPSA) is 38.5 Å². The Labute approximate surface area is 91.5 Å². The molecule has 0 aromatic rings. The van der Waals surface area contributed by atoms with Gasteiger partial charge in [0.1, 0.15) is 0 Å². The van der Waals surface area contributed by atoms with Crippen molar-refractivity contribution in [2.75, 3.05) is 14.2 Å². The van der Waals surface area contributed by atoms with Gasteiger partial charge >= 0.3 is 5.97 Å². The Kier molecular flexibility index (Phi) is 3.41. The summed E-state index contributed by atoms with van der Waals surface area (Å²) in [4.78, 5) is 13.8. The molecule has 3 atom stereocenters. The van der Waals surface area contributed by atoms with E-state index in [1.54, 1.807) is 7.11 Å². The Bertz CT molecular complexity index is 250. The summed E-state index contributed by atoms with van der Waals surface area (Å²) in [5, 5.41) is 0. The largest absolute Gasteiger partial charge is 0.467 e. The molecule has 0 bridgehead atoms. The second-order valence-corrected chi connectivity index (χ2v) is 4.78. The molecule has 15 heavy (non-hydrogen) atoms. The van der Waals surface area contributed by atoms with Gasteiger partial charge in [0.15, 0.2) is 6.10 Å². The summed E-state index contributed by atoms with van der Waals surface area (Å²) in [5.74, 6) is -0.293. The van der Waals surface area contributed by atoms with Crippen LogP contribution in [0.5, 0.6) is 0 Å². The summed E-state index contributed by atoms with van der Waals surface area (Å²) in [6.45, 7) is 8.47. The fourth-order valence-electron chi connectivity index (χ4n) is 2.52. The van der Waals surface area contributed by atoms with Crippen LogP contribution in [0.1, 0.15) is 27.7 Å². The highest BCUT2D eigenvalue weighted by atomic mass is 16.6. The first kappa shape index (κ1) is 12.5. The molecule has 1 fully saturated rings. The summed E-state index contributed by atoms with van der Waals surface area (Å²) >= 11 is 0. The summed E-state index contributed by atoms with van der Waals surface area (Å²) in [6, 6.07) is 0.530. The number of carbonyl (C=O) groups is 1. The molecule has 1 heterocycles. The van der Waals surface area contributed by atoms with E-state index in [-0.39, 0.29) is 17.6 Å². The number of carbonyl (C=O) groups excluding carboxylic acids is 1. The number of hydrogen-bond acceptors (Lipinski definition) is 4. The highest BCUT2D eigenvalue weighted by molar-refractivity contribution is 5.76. The number of methoxy groups -OCH3 is 2. The van der Waals surface area contributed by atoms with Crippen molar-refractivity contribution < 1.29 is 14.3 Å². The van der Waals surface area contributed by atoms with Crippen LogP contribution >= 0.6 is 0 Å². The Morgan fingerprint density at radius 1 is 1.33 bits per heavy atom. The molecule has 0 spiro atoms. The standard InChI is InChI=1S/C11H21NO3/c1-7(2)12-9(11(12,3)4)8(14-5)10(13)15-6/h7-9H,1-6H3/t8-,9-,12?/m0/s1. The summed E-state index contributed by atoms with van der Waals surface area (Å²) in [7, 11) is 2.94. The highest BCUT2D eigenvalue weighted by Crippen LogP contribution is 2.45. The van der Waals surface area contributed by atoms with Gasteiger partial charge in [0, 0.05) is 18.7 Å². The van der Waals surface area contributed by atoms with Gasteiger partial charge in [-0.15, -0.1) is 0 Å². The SMILES string of the molecule is COC(=O)[C@@H](OC)[C@@H]1N(C(C)C)C1(C)C. The number of ether oxygens (including phenoxy) is 2. The van der Waals surface area contributed by atoms with Crippen molar-refractivity contribution in [1.29, 1.82) is 0 Å². The first-order valence-corrected chi connectivity index (χ1v) is 5.27. The van der Waals surface area contributed by atoms with E-state index in [0.29, 0.717) is 6.04 Å². The van der Waals surface area contributed by atoms with Crippen molar-refractivity contribution in [3.63, 3.8) is 0 Å². The van der Waals surface area contributed by atoms with Crippen molar-refractivity contribution in [2.45, 2.75) is 51.4 Å². The normalized spacial score (nSPS) is 30.1. The third-order valence-corrected chi connectivity index (χ3v) is 3.15. The maximum absolute atomic E-state index is 11.5. The Balaban J connectivity index is 2.76. The molecule has 4 heteroatoms. The Morgan fingerprint density at radius 3 is 2.13 bits per heavy atom. The molecule has 0 aliphatic carbocycles. The maximum Gasteiger partial charge on any atom is 0.336 e. The number of hydrogen-bond donors (Lipinski definition) is 0. The third-order valence-electron chi connectivity index (χ3n) is 3.15. The van der Waals surface area contributed by atoms with Crippen LogP contribution in [0.3, 0.4) is 0 Å². The molecule has 0 aromatic heterocycles. The van der Waals surface area contributed by atoms with Crippen LogP contribution in [0.2, 0.25) is 0 Å². The third kappa shape index (κ3) is 2.01. The zero-order chi connectivity index (χ0) is 11.8. The van der Waals surface area contributed by atoms with Crippen LogP contribution in [-0.4, -0.2) is 48.8 Å². The van der Waals surface area contributed by atoms with Gasteiger partial charge in [0.2, 0.25) is 0 Å². The molecule has 0 amide bonds. The van der Waals surface area contributed by atoms with E-state index in [1.165, 1.54) is 7.11 Å². The van der Waals surface area contributed by atoms with Gasteiger partial charge in [0.25, 0.3) is 0 Å². The predicted molar refractivity (Wildman–Crippen MR) is 57.7 cm³/mol. The quantitative estimate of drug-likeness (QED) is 0.519. The molecule has 1 aliphatic heterocycles. The average Bonchev–Trinajstić information content (AvgIpc) is 2.70. The van der Waals surface area contributed by atoms with E-state index in [0.717, 1.165) is 0 Å². The van der Waals surface area contributed by atoms with Gasteiger partial charge < -0.3 is 9.47 Å². The molecular formula is C11H21NO3. The molecule has 88 valence electrons. The van der Waals surface area contributed by atoms with E-state index in [2.05, 4.69) is 32.6 Å². The van der Waals surface area contributed by atoms with Crippen LogP contribution in [0, 0.1) is 0 Å². The molecule has 1 unspecified atom stereocenters. The first-order chi connectivity index (χ1) is 6.87. The van der Waals surface area contributed by atoms with E-state index in [9.17, 15) is 4.79 Å². The van der Waals surface area contributed by atoms with Gasteiger partial charge in [-0.3, -0.25) is 4.90 Å². The Hall–Kier alpha value is -0.610. The zero-order valence-corrected chi connectivity index (χ0v) is 10.4. The Morgan fingerprint density at radius 2 is 1.87 bits per heavy atom. The van der Waals surface area contributed by atoms with E-state index < -0.39 is 6.10 Å². The highest BCUT2D eigenvalue weighted by Gasteiger charge is 2.62. The lowest BCUT2D eigenvalue weighted by Gasteiger charge is -2.14. The van der Waals surface area contributed by atoms with Gasteiger partial charge in [-0.1, -0.05) is 0 Å². The lowest BCUT2D eigenvalue weighted by Crippen LogP contribution is -2.34. The fourth-order valence-corrected chi connectivity index (χ4v) is 2.52. The molecule has 1 rings (SSSR count). The van der Waals surface area contributed by atoms with Crippen LogP contribution in [0.4, 0.5) is 0 Å². The summed E-state index contributed by atoms with van der Waals surface area (Å²) in [6.07, 6.45) is -0.479. The van der Waals surface area contributed by atoms with Crippen LogP contribution < -0.4 is 0 Å². The van der Waals surface area contributed by atoms with Gasteiger partial charge in [-0.05, 0) is 27.7 Å². The van der Waals surface area contributed by atoms with Crippen molar-refractivity contribution in [3.8, 4) is 0 Å². The van der Waals surface area contributed by atoms with Crippen molar-refractivity contribution >= 4 is 5.97 Å². The predicted octanol–water partition coefficient (Wildman–Crippen LogP) is 1.05. The van der Waals surface area contributed by atoms with Gasteiger partial charge in [0.05, 0.1) is 13.2 Å². The molecule has 0 radical (unpaired) electrons. The van der Waals surface area contributed by atoms with Crippen molar-refractivity contribution in [1.82, 2.24) is 4.90 Å². The van der Waals surface area contributed by atoms with E-state index >= 15 is 0 Å². The molecular weight excluding hydrogens is 194 g/mol. The van der Waals surface area contributed by atoms with E-state index in [4.69, 9.17) is 9.47 Å². The smallest absolute Gasteiger partial charge is 0.336 e. The van der Waals surface area contributed by atoms with Gasteiger partial charge in [-0.25, -0.2) is 4.79 Å². The summed E-state index contributed by atoms with van der Waals surface area (Å²) < 4.78 is 9.96. The number of rotatable bonds is 4. The molecule has 1 aliphatic rings. The second kappa shape index (κ2) is 4.10. The number of nitrogens with zero attached hydrogens (tertiary/aromatic N) is 1. The van der Waals surface area contributed by atoms with Crippen LogP contribution in [0.15, 0.2) is 0 Å². The molecule has 1 saturated heterocycles. The van der Waals surface area contributed by atoms with Crippen molar-refractivity contribution in [3.05, 3.63) is 0 Å². The molecule has 4 nitrogen and oxygen atoms in total. The minimum atomic E-state index is -0.479. The first-order valence-electron chi connectivity index (χ1n) is 5.27. The lowest BCUT2D eigenvalue weighted by molar-refractivity contribution is -0.152. The minimum absolute atomic E-state index is 0.0169. The fraction of sp³-hybridized carbons (Fsp3) is 0.909. The van der Waals surface area contributed by atoms with Crippen molar-refractivity contribution in [2.24, 2.45) is 0 Å². The second-order valence-electron chi connectivity index (χ2n) is 4.78. The van der Waals surface area contributed by atoms with Crippen LogP contribution in [0.25, 0.3) is 0 Å². The van der Waals surface area contributed by atoms with Crippen LogP contribution in [-0.2, 0) is 14.3 Å². The lowest BCUT2D eigenvalue weighted by atomic mass is 10.1. The number of esters is 1. The average molecular weight is 215 g/mol. The van der Waals surface area contributed by atoms with E-state index in [1.807, 2.05) is 0 Å². The zero-order valence-electron chi connectivity index (χ0n) is 10.4.